The van der Waals surface area contributed by atoms with E-state index in [0.29, 0.717) is 17.5 Å². The first kappa shape index (κ1) is 29.3. The Balaban J connectivity index is 3.60. The van der Waals surface area contributed by atoms with Crippen molar-refractivity contribution < 1.29 is 24.2 Å². The lowest BCUT2D eigenvalue weighted by molar-refractivity contribution is -0.149. The number of carbonyl (C=O) groups is 3. The summed E-state index contributed by atoms with van der Waals surface area (Å²) in [7, 11) is 0. The summed E-state index contributed by atoms with van der Waals surface area (Å²) in [6.45, 7) is 19.7. The summed E-state index contributed by atoms with van der Waals surface area (Å²) in [5, 5.41) is 16.4. The van der Waals surface area contributed by atoms with Crippen molar-refractivity contribution in [2.75, 3.05) is 0 Å². The van der Waals surface area contributed by atoms with Gasteiger partial charge in [0.1, 0.15) is 23.4 Å². The van der Waals surface area contributed by atoms with Crippen LogP contribution in [0.15, 0.2) is 18.2 Å². The Morgan fingerprint density at radius 1 is 1.06 bits per heavy atom. The smallest absolute Gasteiger partial charge is 0.408 e. The zero-order chi connectivity index (χ0) is 26.6. The van der Waals surface area contributed by atoms with Crippen LogP contribution in [0.1, 0.15) is 92.8 Å². The van der Waals surface area contributed by atoms with Gasteiger partial charge in [0.25, 0.3) is 0 Å². The third-order valence-corrected chi connectivity index (χ3v) is 5.43. The van der Waals surface area contributed by atoms with Gasteiger partial charge in [-0.1, -0.05) is 25.1 Å². The molecule has 1 aromatic carbocycles. The number of alkyl carbamates (subject to hydrolysis) is 1. The first-order valence-corrected chi connectivity index (χ1v) is 11.7. The van der Waals surface area contributed by atoms with Crippen LogP contribution in [0, 0.1) is 6.92 Å². The van der Waals surface area contributed by atoms with Gasteiger partial charge >= 0.3 is 6.09 Å². The molecular formula is C26H43N3O5. The minimum absolute atomic E-state index is 0.0472. The van der Waals surface area contributed by atoms with E-state index >= 15 is 0 Å². The molecule has 1 rings (SSSR count). The predicted molar refractivity (Wildman–Crippen MR) is 134 cm³/mol. The summed E-state index contributed by atoms with van der Waals surface area (Å²) < 4.78 is 5.30. The number of aromatic hydroxyl groups is 1. The topological polar surface area (TPSA) is 108 Å². The largest absolute Gasteiger partial charge is 0.507 e. The van der Waals surface area contributed by atoms with Crippen molar-refractivity contribution in [2.45, 2.75) is 111 Å². The van der Waals surface area contributed by atoms with Crippen LogP contribution in [0.5, 0.6) is 5.75 Å². The number of hydrogen-bond acceptors (Lipinski definition) is 5. The molecule has 0 bridgehead atoms. The van der Waals surface area contributed by atoms with E-state index in [1.54, 1.807) is 52.8 Å². The van der Waals surface area contributed by atoms with Crippen molar-refractivity contribution in [2.24, 2.45) is 0 Å². The maximum atomic E-state index is 13.8. The molecule has 3 N–H and O–H groups in total. The predicted octanol–water partition coefficient (Wildman–Crippen LogP) is 4.59. The van der Waals surface area contributed by atoms with E-state index in [0.717, 1.165) is 0 Å². The number of nitrogens with zero attached hydrogens (tertiary/aromatic N) is 1. The van der Waals surface area contributed by atoms with E-state index in [2.05, 4.69) is 10.6 Å². The van der Waals surface area contributed by atoms with Crippen molar-refractivity contribution >= 4 is 17.9 Å². The molecule has 0 saturated heterocycles. The Kier molecular flexibility index (Phi) is 9.17. The summed E-state index contributed by atoms with van der Waals surface area (Å²) in [6, 6.07) is 3.03. The zero-order valence-electron chi connectivity index (χ0n) is 22.6. The van der Waals surface area contributed by atoms with E-state index in [-0.39, 0.29) is 5.75 Å². The summed E-state index contributed by atoms with van der Waals surface area (Å²) in [5.41, 5.74) is -1.16. The number of para-hydroxylation sites is 1. The third-order valence-electron chi connectivity index (χ3n) is 5.43. The molecule has 8 nitrogen and oxygen atoms in total. The second-order valence-corrected chi connectivity index (χ2v) is 11.4. The van der Waals surface area contributed by atoms with Crippen LogP contribution in [-0.4, -0.2) is 50.6 Å². The summed E-state index contributed by atoms with van der Waals surface area (Å²) in [6.07, 6.45) is -0.194. The molecule has 8 heteroatoms. The molecule has 2 unspecified atom stereocenters. The van der Waals surface area contributed by atoms with Gasteiger partial charge in [0.05, 0.1) is 0 Å². The number of carbonyl (C=O) groups excluding carboxylic acids is 3. The van der Waals surface area contributed by atoms with E-state index in [1.807, 2.05) is 41.5 Å². The minimum atomic E-state index is -1.12. The van der Waals surface area contributed by atoms with Crippen LogP contribution in [0.3, 0.4) is 0 Å². The lowest BCUT2D eigenvalue weighted by atomic mass is 9.90. The number of rotatable bonds is 7. The molecule has 34 heavy (non-hydrogen) atoms. The Bertz CT molecular complexity index is 897. The first-order valence-electron chi connectivity index (χ1n) is 11.7. The fourth-order valence-corrected chi connectivity index (χ4v) is 3.44. The normalized spacial score (nSPS) is 14.1. The molecule has 0 fully saturated rings. The number of aryl methyl sites for hydroxylation is 1. The first-order chi connectivity index (χ1) is 15.3. The van der Waals surface area contributed by atoms with Gasteiger partial charge in [-0.25, -0.2) is 4.79 Å². The van der Waals surface area contributed by atoms with Crippen LogP contribution in [0.4, 0.5) is 4.79 Å². The zero-order valence-corrected chi connectivity index (χ0v) is 22.6. The number of phenols is 1. The Morgan fingerprint density at radius 2 is 1.62 bits per heavy atom. The van der Waals surface area contributed by atoms with E-state index in [1.165, 1.54) is 4.90 Å². The van der Waals surface area contributed by atoms with Crippen LogP contribution < -0.4 is 10.6 Å². The molecule has 0 aliphatic rings. The maximum Gasteiger partial charge on any atom is 0.408 e. The van der Waals surface area contributed by atoms with Crippen LogP contribution in [0.25, 0.3) is 0 Å². The van der Waals surface area contributed by atoms with E-state index < -0.39 is 46.7 Å². The standard InChI is InChI=1S/C26H43N3O5/c1-12-26(10,11)29(22(32)17(3)27-23(33)34-25(7,8)9)19(21(31)28-24(4,5)6)18-15-13-14-16(2)20(18)30/h13-15,17,19,30H,12H2,1-11H3,(H,27,33)(H,28,31). The minimum Gasteiger partial charge on any atom is -0.507 e. The SMILES string of the molecule is CCC(C)(C)N(C(=O)C(C)NC(=O)OC(C)(C)C)C(C(=O)NC(C)(C)C)c1cccc(C)c1O. The fraction of sp³-hybridized carbons (Fsp3) is 0.654. The van der Waals surface area contributed by atoms with E-state index in [4.69, 9.17) is 4.74 Å². The van der Waals surface area contributed by atoms with Crippen LogP contribution >= 0.6 is 0 Å². The molecule has 192 valence electrons. The molecule has 1 aromatic rings. The molecule has 0 aliphatic carbocycles. The molecule has 0 saturated carbocycles. The molecule has 0 aromatic heterocycles. The molecule has 0 heterocycles. The van der Waals surface area contributed by atoms with Gasteiger partial charge in [0.15, 0.2) is 0 Å². The Hall–Kier alpha value is -2.77. The average molecular weight is 478 g/mol. The van der Waals surface area contributed by atoms with Gasteiger partial charge in [0.2, 0.25) is 11.8 Å². The van der Waals surface area contributed by atoms with E-state index in [9.17, 15) is 19.5 Å². The number of benzene rings is 1. The van der Waals surface area contributed by atoms with Crippen LogP contribution in [0.2, 0.25) is 0 Å². The molecule has 2 atom stereocenters. The van der Waals surface area contributed by atoms with Gasteiger partial charge in [-0.05, 0) is 81.2 Å². The average Bonchev–Trinajstić information content (AvgIpc) is 2.64. The quantitative estimate of drug-likeness (QED) is 0.532. The number of amides is 3. The lowest BCUT2D eigenvalue weighted by Crippen LogP contribution is -2.59. The highest BCUT2D eigenvalue weighted by Gasteiger charge is 2.43. The molecule has 0 aliphatic heterocycles. The van der Waals surface area contributed by atoms with Gasteiger partial charge in [-0.3, -0.25) is 9.59 Å². The number of phenolic OH excluding ortho intramolecular Hbond substituents is 1. The van der Waals surface area contributed by atoms with Crippen LogP contribution in [-0.2, 0) is 14.3 Å². The van der Waals surface area contributed by atoms with Gasteiger partial charge < -0.3 is 25.4 Å². The highest BCUT2D eigenvalue weighted by molar-refractivity contribution is 5.93. The Morgan fingerprint density at radius 3 is 2.09 bits per heavy atom. The van der Waals surface area contributed by atoms with Crippen molar-refractivity contribution in [1.29, 1.82) is 0 Å². The fourth-order valence-electron chi connectivity index (χ4n) is 3.44. The van der Waals surface area contributed by atoms with Gasteiger partial charge in [-0.15, -0.1) is 0 Å². The van der Waals surface area contributed by atoms with Crippen molar-refractivity contribution in [3.8, 4) is 5.75 Å². The second kappa shape index (κ2) is 10.7. The lowest BCUT2D eigenvalue weighted by Gasteiger charge is -2.45. The molecular weight excluding hydrogens is 434 g/mol. The number of hydrogen-bond donors (Lipinski definition) is 3. The van der Waals surface area contributed by atoms with Crippen molar-refractivity contribution in [3.05, 3.63) is 29.3 Å². The highest BCUT2D eigenvalue weighted by atomic mass is 16.6. The highest BCUT2D eigenvalue weighted by Crippen LogP contribution is 2.37. The molecule has 3 amide bonds. The molecule has 0 radical (unpaired) electrons. The number of ether oxygens (including phenoxy) is 1. The van der Waals surface area contributed by atoms with Gasteiger partial charge in [-0.2, -0.15) is 0 Å². The Labute approximate surface area is 204 Å². The third kappa shape index (κ3) is 7.92. The summed E-state index contributed by atoms with van der Waals surface area (Å²) in [4.78, 5) is 41.3. The maximum absolute atomic E-state index is 13.8. The second-order valence-electron chi connectivity index (χ2n) is 11.4. The van der Waals surface area contributed by atoms with Crippen molar-refractivity contribution in [1.82, 2.24) is 15.5 Å². The monoisotopic (exact) mass is 477 g/mol. The molecule has 0 spiro atoms. The number of nitrogens with one attached hydrogen (secondary N) is 2. The van der Waals surface area contributed by atoms with Gasteiger partial charge in [0, 0.05) is 16.6 Å². The van der Waals surface area contributed by atoms with Crippen molar-refractivity contribution in [3.63, 3.8) is 0 Å². The summed E-state index contributed by atoms with van der Waals surface area (Å²) >= 11 is 0. The summed E-state index contributed by atoms with van der Waals surface area (Å²) in [5.74, 6) is -0.936.